The molecule has 0 radical (unpaired) electrons. The molecule has 6 heteroatoms. The van der Waals surface area contributed by atoms with Crippen molar-refractivity contribution in [1.82, 2.24) is 15.5 Å². The number of carbonyl (C=O) groups excluding carboxylic acids is 2. The standard InChI is InChI=1S/C23H31N3O3/c1-3-24-19-7-5-4-6-8-21(19)29-17-10-11-18-16(13-17)14-26(23(18)28)20-12-9-15(2)25-22(20)27/h10-11,13,19-21,24H,2-9,12,14H2,1H3,(H,25,27). The Kier molecular flexibility index (Phi) is 5.90. The summed E-state index contributed by atoms with van der Waals surface area (Å²) in [5.74, 6) is 0.611. The third-order valence-electron chi connectivity index (χ3n) is 6.31. The predicted octanol–water partition coefficient (Wildman–Crippen LogP) is 3.12. The number of piperidine rings is 1. The van der Waals surface area contributed by atoms with E-state index in [9.17, 15) is 9.59 Å². The zero-order chi connectivity index (χ0) is 20.4. The van der Waals surface area contributed by atoms with E-state index in [1.807, 2.05) is 18.2 Å². The Morgan fingerprint density at radius 1 is 1.21 bits per heavy atom. The van der Waals surface area contributed by atoms with Crippen molar-refractivity contribution in [2.24, 2.45) is 0 Å². The fraction of sp³-hybridized carbons (Fsp3) is 0.565. The molecular weight excluding hydrogens is 366 g/mol. The van der Waals surface area contributed by atoms with E-state index >= 15 is 0 Å². The highest BCUT2D eigenvalue weighted by molar-refractivity contribution is 6.01. The molecule has 0 aromatic heterocycles. The predicted molar refractivity (Wildman–Crippen MR) is 112 cm³/mol. The molecule has 1 aliphatic carbocycles. The minimum Gasteiger partial charge on any atom is -0.489 e. The van der Waals surface area contributed by atoms with E-state index in [0.29, 0.717) is 31.0 Å². The van der Waals surface area contributed by atoms with Crippen LogP contribution in [0.25, 0.3) is 0 Å². The zero-order valence-electron chi connectivity index (χ0n) is 17.2. The van der Waals surface area contributed by atoms with Crippen LogP contribution in [-0.2, 0) is 11.3 Å². The smallest absolute Gasteiger partial charge is 0.255 e. The summed E-state index contributed by atoms with van der Waals surface area (Å²) in [6, 6.07) is 5.68. The molecule has 1 saturated carbocycles. The number of likely N-dealkylation sites (N-methyl/N-ethyl adjacent to an activating group) is 1. The van der Waals surface area contributed by atoms with Crippen LogP contribution in [0.3, 0.4) is 0 Å². The summed E-state index contributed by atoms with van der Waals surface area (Å²) in [5.41, 5.74) is 2.35. The van der Waals surface area contributed by atoms with Gasteiger partial charge in [0.1, 0.15) is 17.9 Å². The lowest BCUT2D eigenvalue weighted by molar-refractivity contribution is -0.126. The van der Waals surface area contributed by atoms with Crippen LogP contribution in [-0.4, -0.2) is 41.4 Å². The normalized spacial score (nSPS) is 27.4. The average Bonchev–Trinajstić information content (AvgIpc) is 2.86. The molecule has 4 rings (SSSR count). The summed E-state index contributed by atoms with van der Waals surface area (Å²) in [7, 11) is 0. The van der Waals surface area contributed by atoms with Crippen LogP contribution in [0, 0.1) is 0 Å². The Balaban J connectivity index is 1.48. The summed E-state index contributed by atoms with van der Waals surface area (Å²) in [6.45, 7) is 7.35. The summed E-state index contributed by atoms with van der Waals surface area (Å²) in [4.78, 5) is 26.9. The zero-order valence-corrected chi connectivity index (χ0v) is 17.2. The number of ether oxygens (including phenoxy) is 1. The number of fused-ring (bicyclic) bond motifs is 1. The number of allylic oxidation sites excluding steroid dienone is 1. The molecule has 2 aliphatic heterocycles. The molecule has 2 heterocycles. The minimum atomic E-state index is -0.426. The number of benzene rings is 1. The lowest BCUT2D eigenvalue weighted by Crippen LogP contribution is -2.49. The lowest BCUT2D eigenvalue weighted by Gasteiger charge is -2.30. The van der Waals surface area contributed by atoms with Gasteiger partial charge in [0.05, 0.1) is 0 Å². The molecule has 2 fully saturated rings. The van der Waals surface area contributed by atoms with Gasteiger partial charge in [-0.25, -0.2) is 0 Å². The van der Waals surface area contributed by atoms with Gasteiger partial charge in [-0.15, -0.1) is 0 Å². The quantitative estimate of drug-likeness (QED) is 0.749. The SMILES string of the molecule is C=C1CCC(N2Cc3cc(OC4CCCCCC4NCC)ccc3C2=O)C(=O)N1. The molecule has 1 aromatic carbocycles. The van der Waals surface area contributed by atoms with Gasteiger partial charge in [0.2, 0.25) is 5.91 Å². The van der Waals surface area contributed by atoms with Gasteiger partial charge in [-0.3, -0.25) is 9.59 Å². The molecule has 156 valence electrons. The first-order chi connectivity index (χ1) is 14.1. The van der Waals surface area contributed by atoms with Crippen LogP contribution in [0.2, 0.25) is 0 Å². The first-order valence-electron chi connectivity index (χ1n) is 10.9. The van der Waals surface area contributed by atoms with Crippen molar-refractivity contribution in [2.75, 3.05) is 6.54 Å². The number of rotatable bonds is 5. The van der Waals surface area contributed by atoms with Crippen molar-refractivity contribution in [1.29, 1.82) is 0 Å². The van der Waals surface area contributed by atoms with E-state index in [4.69, 9.17) is 4.74 Å². The molecule has 3 atom stereocenters. The van der Waals surface area contributed by atoms with Crippen LogP contribution in [0.5, 0.6) is 5.75 Å². The number of carbonyl (C=O) groups is 2. The van der Waals surface area contributed by atoms with Crippen LogP contribution >= 0.6 is 0 Å². The Hall–Kier alpha value is -2.34. The third-order valence-corrected chi connectivity index (χ3v) is 6.31. The highest BCUT2D eigenvalue weighted by atomic mass is 16.5. The highest BCUT2D eigenvalue weighted by Crippen LogP contribution is 2.32. The van der Waals surface area contributed by atoms with Gasteiger partial charge < -0.3 is 20.3 Å². The molecule has 1 saturated heterocycles. The van der Waals surface area contributed by atoms with Gasteiger partial charge in [-0.2, -0.15) is 0 Å². The van der Waals surface area contributed by atoms with Crippen molar-refractivity contribution in [3.63, 3.8) is 0 Å². The molecule has 2 N–H and O–H groups in total. The van der Waals surface area contributed by atoms with Crippen molar-refractivity contribution in [3.05, 3.63) is 41.6 Å². The van der Waals surface area contributed by atoms with E-state index in [-0.39, 0.29) is 17.9 Å². The van der Waals surface area contributed by atoms with E-state index in [2.05, 4.69) is 24.1 Å². The molecule has 2 amide bonds. The maximum absolute atomic E-state index is 12.9. The molecule has 3 aliphatic rings. The van der Waals surface area contributed by atoms with Gasteiger partial charge in [0.15, 0.2) is 0 Å². The summed E-state index contributed by atoms with van der Waals surface area (Å²) < 4.78 is 6.39. The lowest BCUT2D eigenvalue weighted by atomic mass is 10.0. The Labute approximate surface area is 172 Å². The minimum absolute atomic E-state index is 0.0702. The van der Waals surface area contributed by atoms with E-state index in [0.717, 1.165) is 36.4 Å². The molecular formula is C23H31N3O3. The third kappa shape index (κ3) is 4.17. The van der Waals surface area contributed by atoms with Crippen LogP contribution in [0.15, 0.2) is 30.5 Å². The first kappa shape index (κ1) is 20.0. The van der Waals surface area contributed by atoms with E-state index < -0.39 is 6.04 Å². The van der Waals surface area contributed by atoms with Crippen LogP contribution in [0.4, 0.5) is 0 Å². The molecule has 0 spiro atoms. The second-order valence-electron chi connectivity index (χ2n) is 8.36. The van der Waals surface area contributed by atoms with Crippen molar-refractivity contribution >= 4 is 11.8 Å². The van der Waals surface area contributed by atoms with Crippen LogP contribution in [0.1, 0.15) is 67.8 Å². The number of hydrogen-bond donors (Lipinski definition) is 2. The van der Waals surface area contributed by atoms with Crippen molar-refractivity contribution < 1.29 is 14.3 Å². The van der Waals surface area contributed by atoms with Gasteiger partial charge in [-0.05, 0) is 62.4 Å². The van der Waals surface area contributed by atoms with E-state index in [1.165, 1.54) is 19.3 Å². The summed E-state index contributed by atoms with van der Waals surface area (Å²) in [6.07, 6.45) is 7.35. The van der Waals surface area contributed by atoms with Gasteiger partial charge in [-0.1, -0.05) is 26.3 Å². The largest absolute Gasteiger partial charge is 0.489 e. The number of amides is 2. The van der Waals surface area contributed by atoms with Crippen LogP contribution < -0.4 is 15.4 Å². The van der Waals surface area contributed by atoms with E-state index in [1.54, 1.807) is 4.90 Å². The van der Waals surface area contributed by atoms with Crippen molar-refractivity contribution in [3.8, 4) is 5.75 Å². The number of nitrogens with zero attached hydrogens (tertiary/aromatic N) is 1. The topological polar surface area (TPSA) is 70.7 Å². The Bertz CT molecular complexity index is 807. The molecule has 1 aromatic rings. The van der Waals surface area contributed by atoms with Gasteiger partial charge in [0.25, 0.3) is 5.91 Å². The fourth-order valence-electron chi connectivity index (χ4n) is 4.79. The Morgan fingerprint density at radius 2 is 2.03 bits per heavy atom. The van der Waals surface area contributed by atoms with Gasteiger partial charge >= 0.3 is 0 Å². The maximum atomic E-state index is 12.9. The monoisotopic (exact) mass is 397 g/mol. The highest BCUT2D eigenvalue weighted by Gasteiger charge is 2.38. The first-order valence-corrected chi connectivity index (χ1v) is 10.9. The summed E-state index contributed by atoms with van der Waals surface area (Å²) in [5, 5.41) is 6.36. The average molecular weight is 398 g/mol. The molecule has 0 bridgehead atoms. The van der Waals surface area contributed by atoms with Gasteiger partial charge in [0, 0.05) is 23.8 Å². The maximum Gasteiger partial charge on any atom is 0.255 e. The molecule has 3 unspecified atom stereocenters. The fourth-order valence-corrected chi connectivity index (χ4v) is 4.79. The second kappa shape index (κ2) is 8.57. The molecule has 29 heavy (non-hydrogen) atoms. The van der Waals surface area contributed by atoms with Crippen molar-refractivity contribution in [2.45, 2.75) is 76.6 Å². The second-order valence-corrected chi connectivity index (χ2v) is 8.36. The summed E-state index contributed by atoms with van der Waals surface area (Å²) >= 11 is 0. The Morgan fingerprint density at radius 3 is 2.83 bits per heavy atom. The molecule has 6 nitrogen and oxygen atoms in total. The number of hydrogen-bond acceptors (Lipinski definition) is 4. The number of nitrogens with one attached hydrogen (secondary N) is 2.